The molecule has 0 fully saturated rings. The molecule has 2 rings (SSSR count). The molecule has 15 heteroatoms. The van der Waals surface area contributed by atoms with Gasteiger partial charge >= 0.3 is 20.2 Å². The van der Waals surface area contributed by atoms with Crippen LogP contribution in [0.25, 0.3) is 0 Å². The van der Waals surface area contributed by atoms with Crippen molar-refractivity contribution in [2.24, 2.45) is 11.5 Å². The zero-order valence-electron chi connectivity index (χ0n) is 24.1. The lowest BCUT2D eigenvalue weighted by atomic mass is 9.86. The molecule has 0 spiro atoms. The Morgan fingerprint density at radius 3 is 1.20 bits per heavy atom. The molecule has 0 aliphatic heterocycles. The maximum atomic E-state index is 11.7. The maximum Gasteiger partial charge on any atom is 0.311 e. The molecule has 0 saturated carbocycles. The highest BCUT2D eigenvalue weighted by Gasteiger charge is 2.23. The topological polar surface area (TPSA) is 211 Å². The first-order valence-electron chi connectivity index (χ1n) is 12.3. The van der Waals surface area contributed by atoms with Crippen LogP contribution in [0.2, 0.25) is 0 Å². The van der Waals surface area contributed by atoms with Crippen molar-refractivity contribution in [3.8, 4) is 11.5 Å². The lowest BCUT2D eigenvalue weighted by Gasteiger charge is -2.22. The van der Waals surface area contributed by atoms with Gasteiger partial charge in [-0.15, -0.1) is 0 Å². The third-order valence-corrected chi connectivity index (χ3v) is 9.33. The summed E-state index contributed by atoms with van der Waals surface area (Å²) in [6, 6.07) is 7.52. The normalized spacial score (nSPS) is 12.2. The number of aliphatic hydroxyl groups is 2. The Balaban J connectivity index is 0.000000762. The second-order valence-electron chi connectivity index (χ2n) is 10.9. The first-order valence-corrected chi connectivity index (χ1v) is 17.6. The highest BCUT2D eigenvalue weighted by Crippen LogP contribution is 2.34. The van der Waals surface area contributed by atoms with E-state index in [4.69, 9.17) is 30.0 Å². The summed E-state index contributed by atoms with van der Waals surface area (Å²) >= 11 is 4.07. The second-order valence-corrected chi connectivity index (χ2v) is 16.6. The van der Waals surface area contributed by atoms with Gasteiger partial charge in [-0.05, 0) is 79.3 Å². The Morgan fingerprint density at radius 2 is 0.976 bits per heavy atom. The van der Waals surface area contributed by atoms with Crippen molar-refractivity contribution in [1.82, 2.24) is 0 Å². The number of halogens is 2. The Bertz CT molecular complexity index is 1270. The fraction of sp³-hybridized carbons (Fsp3) is 0.538. The molecule has 0 unspecified atom stereocenters. The van der Waals surface area contributed by atoms with Crippen molar-refractivity contribution < 1.29 is 40.9 Å². The number of aliphatic hydroxyl groups excluding tert-OH is 2. The van der Waals surface area contributed by atoms with Gasteiger partial charge in [0.25, 0.3) is 0 Å². The molecule has 0 aliphatic carbocycles. The summed E-state index contributed by atoms with van der Waals surface area (Å²) in [5.74, 6) is -0.355. The monoisotopic (exact) mass is 844 g/mol. The summed E-state index contributed by atoms with van der Waals surface area (Å²) in [4.78, 5) is 0. The molecule has 0 aromatic heterocycles. The van der Waals surface area contributed by atoms with Gasteiger partial charge in [0.2, 0.25) is 0 Å². The van der Waals surface area contributed by atoms with Crippen LogP contribution in [0.5, 0.6) is 11.5 Å². The quantitative estimate of drug-likeness (QED) is 0.203. The minimum absolute atomic E-state index is 0. The fourth-order valence-corrected chi connectivity index (χ4v) is 6.62. The van der Waals surface area contributed by atoms with Crippen LogP contribution < -0.4 is 19.8 Å². The highest BCUT2D eigenvalue weighted by molar-refractivity contribution is 14.1. The van der Waals surface area contributed by atoms with Crippen LogP contribution in [0.15, 0.2) is 24.3 Å². The Kier molecular flexibility index (Phi) is 16.0. The molecule has 8 N–H and O–H groups in total. The Hall–Kier alpha value is -0.800. The summed E-state index contributed by atoms with van der Waals surface area (Å²) in [5.41, 5.74) is 14.7. The lowest BCUT2D eigenvalue weighted by molar-refractivity contribution is 0.315. The van der Waals surface area contributed by atoms with E-state index in [2.05, 4.69) is 41.5 Å². The molecule has 41 heavy (non-hydrogen) atoms. The van der Waals surface area contributed by atoms with Crippen molar-refractivity contribution in [2.75, 3.05) is 24.7 Å². The average Bonchev–Trinajstić information content (AvgIpc) is 2.80. The lowest BCUT2D eigenvalue weighted by Crippen LogP contribution is -2.19. The van der Waals surface area contributed by atoms with Gasteiger partial charge in [-0.1, -0.05) is 53.7 Å². The number of rotatable bonds is 10. The van der Waals surface area contributed by atoms with Gasteiger partial charge in [0, 0.05) is 24.2 Å². The molecular formula is C26H42I2N2O9S2. The molecule has 0 heterocycles. The first kappa shape index (κ1) is 40.2. The number of hydrogen-bond donors (Lipinski definition) is 4. The number of hydrogen-bond acceptors (Lipinski definition) is 10. The van der Waals surface area contributed by atoms with Gasteiger partial charge in [-0.2, -0.15) is 16.8 Å². The molecule has 2 aromatic rings. The van der Waals surface area contributed by atoms with Crippen LogP contribution in [-0.2, 0) is 44.2 Å². The predicted octanol–water partition coefficient (Wildman–Crippen LogP) is 2.67. The van der Waals surface area contributed by atoms with Gasteiger partial charge in [-0.3, -0.25) is 0 Å². The van der Waals surface area contributed by atoms with Gasteiger partial charge in [0.1, 0.15) is 11.5 Å². The summed E-state index contributed by atoms with van der Waals surface area (Å²) in [6.07, 6.45) is 0. The van der Waals surface area contributed by atoms with E-state index in [-0.39, 0.29) is 40.9 Å². The summed E-state index contributed by atoms with van der Waals surface area (Å²) in [6.45, 7) is 11.8. The van der Waals surface area contributed by atoms with E-state index in [1.54, 1.807) is 0 Å². The van der Waals surface area contributed by atoms with Crippen molar-refractivity contribution in [2.45, 2.75) is 65.5 Å². The van der Waals surface area contributed by atoms with E-state index in [9.17, 15) is 16.8 Å². The van der Waals surface area contributed by atoms with E-state index >= 15 is 0 Å². The standard InChI is InChI=1S/2C13H20INO4S.H2O/c2*1-13(2,3)10-6-9(8-15)12(11(14)7-10)19-20(17,18)5-4-16;/h2*6-7,16H,4-5,8,15H2,1-3H3;1H2. The van der Waals surface area contributed by atoms with Gasteiger partial charge < -0.3 is 35.5 Å². The average molecular weight is 845 g/mol. The second kappa shape index (κ2) is 16.3. The van der Waals surface area contributed by atoms with Crippen molar-refractivity contribution >= 4 is 65.4 Å². The van der Waals surface area contributed by atoms with Crippen LogP contribution in [0.3, 0.4) is 0 Å². The van der Waals surface area contributed by atoms with E-state index in [0.717, 1.165) is 11.1 Å². The SMILES string of the molecule is CC(C)(C)c1cc(I)c(OS(=O)(=O)CCO)c(CN)c1.CC(C)(C)c1cc(I)c(OS(=O)(=O)CCO)c(CN)c1.O. The van der Waals surface area contributed by atoms with Crippen molar-refractivity contribution in [1.29, 1.82) is 0 Å². The highest BCUT2D eigenvalue weighted by atomic mass is 127. The van der Waals surface area contributed by atoms with E-state index in [1.807, 2.05) is 69.4 Å². The first-order chi connectivity index (χ1) is 18.2. The van der Waals surface area contributed by atoms with Gasteiger partial charge in [0.15, 0.2) is 11.5 Å². The molecule has 0 saturated heterocycles. The van der Waals surface area contributed by atoms with Gasteiger partial charge in [0.05, 0.1) is 20.4 Å². The largest absolute Gasteiger partial charge is 0.412 e. The zero-order chi connectivity index (χ0) is 31.1. The van der Waals surface area contributed by atoms with Crippen LogP contribution in [0.1, 0.15) is 63.8 Å². The van der Waals surface area contributed by atoms with Gasteiger partial charge in [-0.25, -0.2) is 0 Å². The molecule has 2 aromatic carbocycles. The fourth-order valence-electron chi connectivity index (χ4n) is 3.22. The Labute approximate surface area is 271 Å². The maximum absolute atomic E-state index is 11.7. The zero-order valence-corrected chi connectivity index (χ0v) is 30.1. The van der Waals surface area contributed by atoms with E-state index < -0.39 is 45.0 Å². The summed E-state index contributed by atoms with van der Waals surface area (Å²) < 4.78 is 58.3. The number of benzene rings is 2. The molecule has 236 valence electrons. The van der Waals surface area contributed by atoms with Crippen LogP contribution in [0.4, 0.5) is 0 Å². The third kappa shape index (κ3) is 12.8. The molecule has 0 amide bonds. The predicted molar refractivity (Wildman–Crippen MR) is 178 cm³/mol. The molecule has 11 nitrogen and oxygen atoms in total. The smallest absolute Gasteiger partial charge is 0.311 e. The molecule has 0 aliphatic rings. The minimum Gasteiger partial charge on any atom is -0.412 e. The van der Waals surface area contributed by atoms with Crippen LogP contribution >= 0.6 is 45.2 Å². The summed E-state index contributed by atoms with van der Waals surface area (Å²) in [5, 5.41) is 17.5. The third-order valence-electron chi connectivity index (χ3n) is 5.52. The molecule has 0 bridgehead atoms. The van der Waals surface area contributed by atoms with Crippen LogP contribution in [-0.4, -0.2) is 57.2 Å². The number of nitrogens with two attached hydrogens (primary N) is 2. The van der Waals surface area contributed by atoms with E-state index in [1.165, 1.54) is 0 Å². The van der Waals surface area contributed by atoms with E-state index in [0.29, 0.717) is 18.3 Å². The summed E-state index contributed by atoms with van der Waals surface area (Å²) in [7, 11) is -7.60. The van der Waals surface area contributed by atoms with Crippen molar-refractivity contribution in [3.63, 3.8) is 0 Å². The molecule has 0 atom stereocenters. The molecular weight excluding hydrogens is 802 g/mol. The molecule has 0 radical (unpaired) electrons. The Morgan fingerprint density at radius 1 is 0.683 bits per heavy atom. The van der Waals surface area contributed by atoms with Crippen molar-refractivity contribution in [3.05, 3.63) is 53.7 Å². The van der Waals surface area contributed by atoms with Crippen LogP contribution in [0, 0.1) is 7.14 Å². The minimum atomic E-state index is -3.80.